The number of benzene rings is 1. The van der Waals surface area contributed by atoms with E-state index >= 15 is 0 Å². The largest absolute Gasteiger partial charge is 0.342 e. The number of aryl methyl sites for hydroxylation is 1. The predicted octanol–water partition coefficient (Wildman–Crippen LogP) is 3.41. The van der Waals surface area contributed by atoms with Crippen molar-refractivity contribution in [1.82, 2.24) is 15.1 Å². The summed E-state index contributed by atoms with van der Waals surface area (Å²) >= 11 is 4.71. The van der Waals surface area contributed by atoms with Crippen LogP contribution in [-0.4, -0.2) is 60.9 Å². The average Bonchev–Trinajstić information content (AvgIpc) is 3.01. The standard InChI is InChI=1S/C21H26BrN3O2S/c22-19-10-9-18(28-19)21(27)23-16-20(26)25-13-5-12-24(14-15-25)11-4-8-17-6-2-1-3-7-17/h1-3,6-7,9-10H,4-5,8,11-16H2,(H,23,27). The third kappa shape index (κ3) is 6.43. The van der Waals surface area contributed by atoms with Crippen molar-refractivity contribution in [1.29, 1.82) is 0 Å². The van der Waals surface area contributed by atoms with Crippen LogP contribution in [0, 0.1) is 0 Å². The monoisotopic (exact) mass is 463 g/mol. The number of rotatable bonds is 7. The zero-order chi connectivity index (χ0) is 19.8. The number of amides is 2. The van der Waals surface area contributed by atoms with E-state index in [0.717, 1.165) is 55.8 Å². The molecule has 0 unspecified atom stereocenters. The highest BCUT2D eigenvalue weighted by atomic mass is 79.9. The summed E-state index contributed by atoms with van der Waals surface area (Å²) in [5.74, 6) is -0.198. The van der Waals surface area contributed by atoms with Gasteiger partial charge in [0, 0.05) is 19.6 Å². The first kappa shape index (κ1) is 21.0. The maximum Gasteiger partial charge on any atom is 0.261 e. The van der Waals surface area contributed by atoms with Gasteiger partial charge in [0.05, 0.1) is 15.2 Å². The lowest BCUT2D eigenvalue weighted by atomic mass is 10.1. The summed E-state index contributed by atoms with van der Waals surface area (Å²) in [6, 6.07) is 14.2. The van der Waals surface area contributed by atoms with E-state index in [1.165, 1.54) is 16.9 Å². The Morgan fingerprint density at radius 3 is 2.61 bits per heavy atom. The predicted molar refractivity (Wildman–Crippen MR) is 117 cm³/mol. The van der Waals surface area contributed by atoms with Crippen molar-refractivity contribution in [2.75, 3.05) is 39.3 Å². The van der Waals surface area contributed by atoms with Crippen molar-refractivity contribution < 1.29 is 9.59 Å². The van der Waals surface area contributed by atoms with Crippen molar-refractivity contribution in [3.8, 4) is 0 Å². The molecule has 0 spiro atoms. The Kier molecular flexibility index (Phi) is 8.06. The molecule has 1 aliphatic heterocycles. The van der Waals surface area contributed by atoms with Crippen molar-refractivity contribution in [2.24, 2.45) is 0 Å². The molecule has 1 saturated heterocycles. The SMILES string of the molecule is O=C(NCC(=O)N1CCCN(CCCc2ccccc2)CC1)c1ccc(Br)s1. The molecule has 1 aromatic heterocycles. The summed E-state index contributed by atoms with van der Waals surface area (Å²) in [7, 11) is 0. The van der Waals surface area contributed by atoms with E-state index in [0.29, 0.717) is 4.88 Å². The Morgan fingerprint density at radius 1 is 1.04 bits per heavy atom. The van der Waals surface area contributed by atoms with Crippen LogP contribution in [0.5, 0.6) is 0 Å². The lowest BCUT2D eigenvalue weighted by Gasteiger charge is -2.22. The van der Waals surface area contributed by atoms with Gasteiger partial charge in [0.1, 0.15) is 0 Å². The van der Waals surface area contributed by atoms with E-state index in [-0.39, 0.29) is 18.4 Å². The maximum absolute atomic E-state index is 12.5. The van der Waals surface area contributed by atoms with Crippen molar-refractivity contribution in [3.63, 3.8) is 0 Å². The van der Waals surface area contributed by atoms with Crippen LogP contribution in [0.1, 0.15) is 28.1 Å². The fraction of sp³-hybridized carbons (Fsp3) is 0.429. The number of hydrogen-bond donors (Lipinski definition) is 1. The Morgan fingerprint density at radius 2 is 1.86 bits per heavy atom. The minimum absolute atomic E-state index is 0.00453. The van der Waals surface area contributed by atoms with Gasteiger partial charge in [-0.05, 0) is 66.0 Å². The Hall–Kier alpha value is -1.70. The first-order chi connectivity index (χ1) is 13.6. The molecule has 1 aliphatic rings. The van der Waals surface area contributed by atoms with Crippen LogP contribution in [0.4, 0.5) is 0 Å². The number of nitrogens with one attached hydrogen (secondary N) is 1. The van der Waals surface area contributed by atoms with Crippen LogP contribution in [-0.2, 0) is 11.2 Å². The normalized spacial score (nSPS) is 15.2. The van der Waals surface area contributed by atoms with Gasteiger partial charge in [0.25, 0.3) is 5.91 Å². The molecular formula is C21H26BrN3O2S. The summed E-state index contributed by atoms with van der Waals surface area (Å²) in [4.78, 5) is 29.5. The van der Waals surface area contributed by atoms with E-state index < -0.39 is 0 Å². The molecule has 5 nitrogen and oxygen atoms in total. The van der Waals surface area contributed by atoms with Crippen LogP contribution >= 0.6 is 27.3 Å². The van der Waals surface area contributed by atoms with Crippen LogP contribution in [0.3, 0.4) is 0 Å². The minimum Gasteiger partial charge on any atom is -0.342 e. The average molecular weight is 464 g/mol. The Balaban J connectivity index is 1.37. The summed E-state index contributed by atoms with van der Waals surface area (Å²) in [6.45, 7) is 4.52. The van der Waals surface area contributed by atoms with Gasteiger partial charge < -0.3 is 15.1 Å². The van der Waals surface area contributed by atoms with E-state index in [1.54, 1.807) is 6.07 Å². The molecule has 150 valence electrons. The molecule has 2 aromatic rings. The molecule has 0 aliphatic carbocycles. The first-order valence-corrected chi connectivity index (χ1v) is 11.3. The number of nitrogens with zero attached hydrogens (tertiary/aromatic N) is 2. The van der Waals surface area contributed by atoms with Gasteiger partial charge in [-0.1, -0.05) is 30.3 Å². The molecule has 0 radical (unpaired) electrons. The zero-order valence-corrected chi connectivity index (χ0v) is 18.3. The highest BCUT2D eigenvalue weighted by Gasteiger charge is 2.19. The number of hydrogen-bond acceptors (Lipinski definition) is 4. The summed E-state index contributed by atoms with van der Waals surface area (Å²) < 4.78 is 0.906. The van der Waals surface area contributed by atoms with Crippen molar-refractivity contribution in [3.05, 3.63) is 56.7 Å². The number of carbonyl (C=O) groups excluding carboxylic acids is 2. The molecule has 0 atom stereocenters. The molecular weight excluding hydrogens is 438 g/mol. The van der Waals surface area contributed by atoms with Gasteiger partial charge in [-0.25, -0.2) is 0 Å². The van der Waals surface area contributed by atoms with Gasteiger partial charge in [-0.15, -0.1) is 11.3 Å². The van der Waals surface area contributed by atoms with Crippen molar-refractivity contribution in [2.45, 2.75) is 19.3 Å². The smallest absolute Gasteiger partial charge is 0.261 e. The fourth-order valence-electron chi connectivity index (χ4n) is 3.39. The van der Waals surface area contributed by atoms with E-state index in [2.05, 4.69) is 50.4 Å². The molecule has 3 rings (SSSR count). The van der Waals surface area contributed by atoms with E-state index in [4.69, 9.17) is 0 Å². The topological polar surface area (TPSA) is 52.7 Å². The molecule has 28 heavy (non-hydrogen) atoms. The number of thiophene rings is 1. The van der Waals surface area contributed by atoms with E-state index in [1.807, 2.05) is 17.0 Å². The number of carbonyl (C=O) groups is 2. The molecule has 0 bridgehead atoms. The third-order valence-electron chi connectivity index (χ3n) is 4.92. The molecule has 7 heteroatoms. The second-order valence-electron chi connectivity index (χ2n) is 6.95. The lowest BCUT2D eigenvalue weighted by Crippen LogP contribution is -2.42. The fourth-order valence-corrected chi connectivity index (χ4v) is 4.69. The Labute approximate surface area is 178 Å². The molecule has 0 saturated carbocycles. The molecule has 1 fully saturated rings. The number of halogens is 1. The van der Waals surface area contributed by atoms with Gasteiger partial charge >= 0.3 is 0 Å². The third-order valence-corrected chi connectivity index (χ3v) is 6.54. The van der Waals surface area contributed by atoms with Crippen molar-refractivity contribution >= 4 is 39.1 Å². The van der Waals surface area contributed by atoms with Crippen LogP contribution in [0.25, 0.3) is 0 Å². The Bertz CT molecular complexity index is 781. The molecule has 2 heterocycles. The van der Waals surface area contributed by atoms with Gasteiger partial charge in [0.15, 0.2) is 0 Å². The zero-order valence-electron chi connectivity index (χ0n) is 15.9. The van der Waals surface area contributed by atoms with Crippen LogP contribution in [0.15, 0.2) is 46.3 Å². The highest BCUT2D eigenvalue weighted by Crippen LogP contribution is 2.21. The molecule has 1 N–H and O–H groups in total. The molecule has 2 amide bonds. The lowest BCUT2D eigenvalue weighted by molar-refractivity contribution is -0.130. The summed E-state index contributed by atoms with van der Waals surface area (Å²) in [5.41, 5.74) is 1.38. The second-order valence-corrected chi connectivity index (χ2v) is 9.41. The van der Waals surface area contributed by atoms with Gasteiger partial charge in [-0.3, -0.25) is 9.59 Å². The summed E-state index contributed by atoms with van der Waals surface area (Å²) in [5, 5.41) is 2.74. The van der Waals surface area contributed by atoms with Crippen LogP contribution < -0.4 is 5.32 Å². The quantitative estimate of drug-likeness (QED) is 0.684. The summed E-state index contributed by atoms with van der Waals surface area (Å²) in [6.07, 6.45) is 3.19. The second kappa shape index (κ2) is 10.7. The molecule has 1 aromatic carbocycles. The van der Waals surface area contributed by atoms with Gasteiger partial charge in [0.2, 0.25) is 5.91 Å². The minimum atomic E-state index is -0.193. The first-order valence-electron chi connectivity index (χ1n) is 9.69. The van der Waals surface area contributed by atoms with Crippen LogP contribution in [0.2, 0.25) is 0 Å². The highest BCUT2D eigenvalue weighted by molar-refractivity contribution is 9.11. The van der Waals surface area contributed by atoms with Gasteiger partial charge in [-0.2, -0.15) is 0 Å². The maximum atomic E-state index is 12.5. The van der Waals surface area contributed by atoms with E-state index in [9.17, 15) is 9.59 Å².